The normalized spacial score (nSPS) is 25.0. The van der Waals surface area contributed by atoms with Gasteiger partial charge >= 0.3 is 0 Å². The molecule has 3 aliphatic rings. The highest BCUT2D eigenvalue weighted by atomic mass is 32.2. The highest BCUT2D eigenvalue weighted by Crippen LogP contribution is 2.42. The molecule has 7 heteroatoms. The van der Waals surface area contributed by atoms with Crippen LogP contribution in [0.5, 0.6) is 0 Å². The lowest BCUT2D eigenvalue weighted by atomic mass is 9.77. The number of amides is 1. The Kier molecular flexibility index (Phi) is 7.49. The Balaban J connectivity index is 1.18. The van der Waals surface area contributed by atoms with Crippen LogP contribution in [-0.2, 0) is 21.2 Å². The third-order valence-electron chi connectivity index (χ3n) is 8.97. The third kappa shape index (κ3) is 5.94. The van der Waals surface area contributed by atoms with E-state index < -0.39 is 9.84 Å². The van der Waals surface area contributed by atoms with Gasteiger partial charge in [-0.25, -0.2) is 8.42 Å². The molecule has 2 aromatic carbocycles. The van der Waals surface area contributed by atoms with Crippen LogP contribution in [0, 0.1) is 11.3 Å². The molecule has 2 aromatic rings. The van der Waals surface area contributed by atoms with Crippen molar-refractivity contribution in [2.75, 3.05) is 45.5 Å². The number of nitrogens with zero attached hydrogens (tertiary/aromatic N) is 3. The number of carbonyl (C=O) groups excluding carboxylic acids is 1. The Morgan fingerprint density at radius 1 is 0.973 bits per heavy atom. The van der Waals surface area contributed by atoms with Gasteiger partial charge in [0.15, 0.2) is 9.84 Å². The van der Waals surface area contributed by atoms with Gasteiger partial charge in [-0.2, -0.15) is 0 Å². The quantitative estimate of drug-likeness (QED) is 0.549. The van der Waals surface area contributed by atoms with Gasteiger partial charge in [0.05, 0.1) is 4.90 Å². The van der Waals surface area contributed by atoms with Gasteiger partial charge in [0.25, 0.3) is 0 Å². The van der Waals surface area contributed by atoms with E-state index >= 15 is 0 Å². The maximum Gasteiger partial charge on any atom is 0.223 e. The molecule has 3 heterocycles. The van der Waals surface area contributed by atoms with Crippen molar-refractivity contribution in [3.63, 3.8) is 0 Å². The lowest BCUT2D eigenvalue weighted by Crippen LogP contribution is -2.44. The van der Waals surface area contributed by atoms with E-state index in [0.29, 0.717) is 35.7 Å². The third-order valence-corrected chi connectivity index (χ3v) is 10.1. The summed E-state index contributed by atoms with van der Waals surface area (Å²) < 4.78 is 23.5. The van der Waals surface area contributed by atoms with Gasteiger partial charge in [-0.05, 0) is 74.4 Å². The lowest BCUT2D eigenvalue weighted by molar-refractivity contribution is -0.128. The molecule has 3 fully saturated rings. The van der Waals surface area contributed by atoms with E-state index in [0.717, 1.165) is 57.7 Å². The molecule has 3 aliphatic heterocycles. The molecule has 0 bridgehead atoms. The van der Waals surface area contributed by atoms with E-state index in [4.69, 9.17) is 0 Å². The molecule has 37 heavy (non-hydrogen) atoms. The van der Waals surface area contributed by atoms with Gasteiger partial charge in [0, 0.05) is 57.4 Å². The number of sulfone groups is 1. The monoisotopic (exact) mass is 523 g/mol. The van der Waals surface area contributed by atoms with Crippen LogP contribution >= 0.6 is 0 Å². The van der Waals surface area contributed by atoms with Crippen LogP contribution in [0.3, 0.4) is 0 Å². The van der Waals surface area contributed by atoms with Crippen LogP contribution in [0.1, 0.15) is 50.2 Å². The molecule has 1 amide bonds. The molecular weight excluding hydrogens is 482 g/mol. The summed E-state index contributed by atoms with van der Waals surface area (Å²) in [4.78, 5) is 20.5. The molecule has 0 N–H and O–H groups in total. The zero-order valence-corrected chi connectivity index (χ0v) is 23.3. The molecule has 0 aliphatic carbocycles. The van der Waals surface area contributed by atoms with Gasteiger partial charge in [-0.1, -0.05) is 42.5 Å². The first-order chi connectivity index (χ1) is 17.6. The maximum atomic E-state index is 12.9. The Morgan fingerprint density at radius 2 is 1.65 bits per heavy atom. The highest BCUT2D eigenvalue weighted by Gasteiger charge is 2.45. The second kappa shape index (κ2) is 10.5. The standard InChI is InChI=1S/C30H41N3O3S/c1-23(2)32-20-26(28(21-32)25-7-5-4-6-8-25)19-31-15-13-30(14-16-31)17-29(34)33(22-30)18-24-9-11-27(12-10-24)37(3,35)36/h4-12,23,26,28H,13-22H2,1-3H3/t26-,28+/m0/s1. The Labute approximate surface area is 222 Å². The fraction of sp³-hybridized carbons (Fsp3) is 0.567. The van der Waals surface area contributed by atoms with Crippen LogP contribution in [0.2, 0.25) is 0 Å². The number of carbonyl (C=O) groups is 1. The van der Waals surface area contributed by atoms with Gasteiger partial charge in [0.2, 0.25) is 5.91 Å². The van der Waals surface area contributed by atoms with E-state index in [2.05, 4.69) is 54.0 Å². The minimum atomic E-state index is -3.21. The van der Waals surface area contributed by atoms with Crippen molar-refractivity contribution in [1.82, 2.24) is 14.7 Å². The Bertz CT molecular complexity index is 1190. The number of likely N-dealkylation sites (tertiary alicyclic amines) is 3. The van der Waals surface area contributed by atoms with Crippen LogP contribution in [0.4, 0.5) is 0 Å². The van der Waals surface area contributed by atoms with Crippen molar-refractivity contribution in [1.29, 1.82) is 0 Å². The van der Waals surface area contributed by atoms with Gasteiger partial charge in [-0.15, -0.1) is 0 Å². The van der Waals surface area contributed by atoms with Crippen molar-refractivity contribution in [2.45, 2.75) is 56.5 Å². The summed E-state index contributed by atoms with van der Waals surface area (Å²) in [6.45, 7) is 11.5. The van der Waals surface area contributed by atoms with Crippen molar-refractivity contribution in [3.05, 3.63) is 65.7 Å². The Hall–Kier alpha value is -2.22. The number of rotatable bonds is 7. The average molecular weight is 524 g/mol. The summed E-state index contributed by atoms with van der Waals surface area (Å²) in [5.74, 6) is 1.45. The average Bonchev–Trinajstić information content (AvgIpc) is 3.42. The molecule has 3 saturated heterocycles. The molecule has 6 nitrogen and oxygen atoms in total. The molecule has 200 valence electrons. The molecule has 5 rings (SSSR count). The van der Waals surface area contributed by atoms with Crippen LogP contribution in [0.15, 0.2) is 59.5 Å². The molecule has 0 unspecified atom stereocenters. The van der Waals surface area contributed by atoms with Gasteiger partial charge < -0.3 is 9.80 Å². The van der Waals surface area contributed by atoms with E-state index in [-0.39, 0.29) is 11.3 Å². The first-order valence-electron chi connectivity index (χ1n) is 13.7. The van der Waals surface area contributed by atoms with Crippen molar-refractivity contribution < 1.29 is 13.2 Å². The van der Waals surface area contributed by atoms with E-state index in [9.17, 15) is 13.2 Å². The largest absolute Gasteiger partial charge is 0.338 e. The van der Waals surface area contributed by atoms with Crippen molar-refractivity contribution >= 4 is 15.7 Å². The fourth-order valence-corrected chi connectivity index (χ4v) is 7.28. The molecule has 2 atom stereocenters. The fourth-order valence-electron chi connectivity index (χ4n) is 6.65. The summed E-state index contributed by atoms with van der Waals surface area (Å²) in [7, 11) is -3.21. The molecular formula is C30H41N3O3S. The summed E-state index contributed by atoms with van der Waals surface area (Å²) in [5, 5.41) is 0. The van der Waals surface area contributed by atoms with Crippen molar-refractivity contribution in [2.24, 2.45) is 11.3 Å². The van der Waals surface area contributed by atoms with E-state index in [1.807, 2.05) is 17.0 Å². The summed E-state index contributed by atoms with van der Waals surface area (Å²) >= 11 is 0. The zero-order chi connectivity index (χ0) is 26.2. The second-order valence-corrected chi connectivity index (χ2v) is 14.0. The molecule has 0 saturated carbocycles. The van der Waals surface area contributed by atoms with Crippen molar-refractivity contribution in [3.8, 4) is 0 Å². The zero-order valence-electron chi connectivity index (χ0n) is 22.5. The molecule has 1 spiro atoms. The van der Waals surface area contributed by atoms with Gasteiger partial charge in [-0.3, -0.25) is 9.69 Å². The lowest BCUT2D eigenvalue weighted by Gasteiger charge is -2.40. The smallest absolute Gasteiger partial charge is 0.223 e. The van der Waals surface area contributed by atoms with E-state index in [1.165, 1.54) is 11.8 Å². The second-order valence-electron chi connectivity index (χ2n) is 12.0. The number of hydrogen-bond donors (Lipinski definition) is 0. The van der Waals surface area contributed by atoms with Crippen LogP contribution in [-0.4, -0.2) is 80.6 Å². The SMILES string of the molecule is CC(C)N1C[C@H](CN2CCC3(CC2)CC(=O)N(Cc2ccc(S(C)(=O)=O)cc2)C3)[C@@H](c2ccccc2)C1. The predicted octanol–water partition coefficient (Wildman–Crippen LogP) is 4.03. The molecule has 0 radical (unpaired) electrons. The maximum absolute atomic E-state index is 12.9. The highest BCUT2D eigenvalue weighted by molar-refractivity contribution is 7.90. The summed E-state index contributed by atoms with van der Waals surface area (Å²) in [5.41, 5.74) is 2.53. The van der Waals surface area contributed by atoms with Gasteiger partial charge in [0.1, 0.15) is 0 Å². The molecule has 0 aromatic heterocycles. The number of benzene rings is 2. The minimum Gasteiger partial charge on any atom is -0.338 e. The van der Waals surface area contributed by atoms with Crippen LogP contribution < -0.4 is 0 Å². The summed E-state index contributed by atoms with van der Waals surface area (Å²) in [6, 6.07) is 18.5. The number of piperidine rings is 1. The number of hydrogen-bond acceptors (Lipinski definition) is 5. The Morgan fingerprint density at radius 3 is 2.27 bits per heavy atom. The predicted molar refractivity (Wildman–Crippen MR) is 147 cm³/mol. The topological polar surface area (TPSA) is 60.9 Å². The summed E-state index contributed by atoms with van der Waals surface area (Å²) in [6.07, 6.45) is 3.99. The first-order valence-corrected chi connectivity index (χ1v) is 15.6. The van der Waals surface area contributed by atoms with E-state index in [1.54, 1.807) is 12.1 Å². The van der Waals surface area contributed by atoms with Crippen LogP contribution in [0.25, 0.3) is 0 Å². The first kappa shape index (κ1) is 26.4. The minimum absolute atomic E-state index is 0.0821.